The normalized spacial score (nSPS) is 40.5. The van der Waals surface area contributed by atoms with Gasteiger partial charge in [-0.3, -0.25) is 0 Å². The Balaban J connectivity index is 2.87. The van der Waals surface area contributed by atoms with Crippen molar-refractivity contribution in [2.24, 2.45) is 5.41 Å². The van der Waals surface area contributed by atoms with Gasteiger partial charge in [0.1, 0.15) is 5.60 Å². The van der Waals surface area contributed by atoms with Crippen molar-refractivity contribution in [2.45, 2.75) is 44.8 Å². The van der Waals surface area contributed by atoms with Gasteiger partial charge in [0.05, 0.1) is 24.1 Å². The summed E-state index contributed by atoms with van der Waals surface area (Å²) in [5, 5.41) is 21.2. The Bertz CT molecular complexity index is 315. The van der Waals surface area contributed by atoms with E-state index in [4.69, 9.17) is 11.7 Å². The van der Waals surface area contributed by atoms with Crippen molar-refractivity contribution in [1.82, 2.24) is 0 Å². The maximum Gasteiger partial charge on any atom is 0.141 e. The molecule has 0 aromatic carbocycles. The summed E-state index contributed by atoms with van der Waals surface area (Å²) in [7, 11) is 0. The number of hydrogen-bond donors (Lipinski definition) is 2. The first-order chi connectivity index (χ1) is 6.97. The molecule has 0 aromatic heterocycles. The number of terminal acetylenes is 1. The fraction of sp³-hybridized carbons (Fsp3) is 0.750. The smallest absolute Gasteiger partial charge is 0.141 e. The molecule has 3 atom stereocenters. The third-order valence-corrected chi connectivity index (χ3v) is 3.61. The van der Waals surface area contributed by atoms with E-state index < -0.39 is 5.60 Å². The van der Waals surface area contributed by atoms with Gasteiger partial charge in [-0.1, -0.05) is 12.8 Å². The summed E-state index contributed by atoms with van der Waals surface area (Å²) >= 11 is 0. The molecule has 3 nitrogen and oxygen atoms in total. The zero-order chi connectivity index (χ0) is 11.5. The number of quaternary nitrogens is 1. The summed E-state index contributed by atoms with van der Waals surface area (Å²) in [5.74, 6) is 2.54. The lowest BCUT2D eigenvalue weighted by molar-refractivity contribution is -0.713. The Morgan fingerprint density at radius 3 is 2.87 bits per heavy atom. The quantitative estimate of drug-likeness (QED) is 0.627. The van der Waals surface area contributed by atoms with Crippen molar-refractivity contribution in [3.05, 3.63) is 0 Å². The molecule has 0 aromatic rings. The predicted octanol–water partition coefficient (Wildman–Crippen LogP) is 0.0164. The Labute approximate surface area is 91.5 Å². The molecule has 1 aliphatic heterocycles. The number of hydrogen-bond acceptors (Lipinski definition) is 2. The Morgan fingerprint density at radius 2 is 2.33 bits per heavy atom. The van der Waals surface area contributed by atoms with Crippen molar-refractivity contribution < 1.29 is 10.4 Å². The fourth-order valence-corrected chi connectivity index (χ4v) is 2.30. The topological polar surface area (TPSA) is 60.6 Å². The first-order valence-corrected chi connectivity index (χ1v) is 5.38. The fourth-order valence-electron chi connectivity index (χ4n) is 2.30. The van der Waals surface area contributed by atoms with Crippen molar-refractivity contribution in [1.29, 1.82) is 5.26 Å². The molecule has 0 radical (unpaired) electrons. The first kappa shape index (κ1) is 12.0. The van der Waals surface area contributed by atoms with Crippen LogP contribution in [0, 0.1) is 29.1 Å². The minimum absolute atomic E-state index is 0.343. The van der Waals surface area contributed by atoms with Gasteiger partial charge in [0, 0.05) is 12.8 Å². The molecule has 0 bridgehead atoms. The molecule has 0 saturated carbocycles. The molecular weight excluding hydrogens is 188 g/mol. The van der Waals surface area contributed by atoms with Crippen LogP contribution >= 0.6 is 0 Å². The first-order valence-electron chi connectivity index (χ1n) is 5.38. The van der Waals surface area contributed by atoms with E-state index in [0.29, 0.717) is 25.3 Å². The third-order valence-electron chi connectivity index (χ3n) is 3.61. The van der Waals surface area contributed by atoms with Crippen molar-refractivity contribution in [3.8, 4) is 18.4 Å². The maximum atomic E-state index is 10.4. The van der Waals surface area contributed by atoms with Gasteiger partial charge in [-0.05, 0) is 13.3 Å². The zero-order valence-corrected chi connectivity index (χ0v) is 9.45. The van der Waals surface area contributed by atoms with Gasteiger partial charge >= 0.3 is 0 Å². The van der Waals surface area contributed by atoms with E-state index >= 15 is 0 Å². The van der Waals surface area contributed by atoms with Crippen LogP contribution in [0.2, 0.25) is 0 Å². The summed E-state index contributed by atoms with van der Waals surface area (Å²) in [6.45, 7) is 4.83. The number of piperidine rings is 1. The third kappa shape index (κ3) is 2.15. The van der Waals surface area contributed by atoms with Crippen molar-refractivity contribution in [2.75, 3.05) is 6.54 Å². The second-order valence-electron chi connectivity index (χ2n) is 4.84. The van der Waals surface area contributed by atoms with E-state index in [9.17, 15) is 5.11 Å². The van der Waals surface area contributed by atoms with Gasteiger partial charge in [0.25, 0.3) is 0 Å². The van der Waals surface area contributed by atoms with Crippen LogP contribution in [-0.4, -0.2) is 23.3 Å². The predicted molar refractivity (Wildman–Crippen MR) is 57.6 cm³/mol. The average Bonchev–Trinajstić information content (AvgIpc) is 2.22. The van der Waals surface area contributed by atoms with Crippen LogP contribution in [0.15, 0.2) is 0 Å². The monoisotopic (exact) mass is 207 g/mol. The molecule has 1 heterocycles. The molecule has 1 rings (SSSR count). The van der Waals surface area contributed by atoms with Gasteiger partial charge in [-0.25, -0.2) is 0 Å². The second kappa shape index (κ2) is 4.23. The van der Waals surface area contributed by atoms with Gasteiger partial charge in [0.2, 0.25) is 0 Å². The Hall–Kier alpha value is -1.03. The van der Waals surface area contributed by atoms with Crippen LogP contribution in [0.5, 0.6) is 0 Å². The highest BCUT2D eigenvalue weighted by atomic mass is 16.3. The lowest BCUT2D eigenvalue weighted by Gasteiger charge is -2.45. The summed E-state index contributed by atoms with van der Waals surface area (Å²) in [6.07, 6.45) is 7.16. The number of nitrogens with zero attached hydrogens (tertiary/aromatic N) is 1. The lowest BCUT2D eigenvalue weighted by atomic mass is 9.65. The van der Waals surface area contributed by atoms with Crippen molar-refractivity contribution in [3.63, 3.8) is 0 Å². The van der Waals surface area contributed by atoms with E-state index in [1.54, 1.807) is 0 Å². The molecule has 0 amide bonds. The molecule has 3 N–H and O–H groups in total. The van der Waals surface area contributed by atoms with Crippen molar-refractivity contribution >= 4 is 0 Å². The second-order valence-corrected chi connectivity index (χ2v) is 4.84. The summed E-state index contributed by atoms with van der Waals surface area (Å²) in [4.78, 5) is 0. The van der Waals surface area contributed by atoms with Crippen LogP contribution in [0.3, 0.4) is 0 Å². The highest BCUT2D eigenvalue weighted by Gasteiger charge is 2.51. The molecule has 82 valence electrons. The number of rotatable bonds is 2. The largest absolute Gasteiger partial charge is 0.377 e. The number of aliphatic hydroxyl groups is 1. The Kier molecular flexibility index (Phi) is 3.39. The molecule has 3 heteroatoms. The van der Waals surface area contributed by atoms with Crippen LogP contribution in [0.1, 0.15) is 33.1 Å². The molecule has 0 aliphatic carbocycles. The van der Waals surface area contributed by atoms with Crippen LogP contribution < -0.4 is 5.32 Å². The SMILES string of the molecule is C#C[C@]1(O)C[C@H](C)[NH2+]C[C@]1(C)CCC#N. The van der Waals surface area contributed by atoms with E-state index in [2.05, 4.69) is 24.2 Å². The average molecular weight is 207 g/mol. The van der Waals surface area contributed by atoms with E-state index in [-0.39, 0.29) is 5.41 Å². The summed E-state index contributed by atoms with van der Waals surface area (Å²) in [5.41, 5.74) is -1.40. The molecule has 0 unspecified atom stereocenters. The van der Waals surface area contributed by atoms with E-state index in [1.807, 2.05) is 6.92 Å². The summed E-state index contributed by atoms with van der Waals surface area (Å²) < 4.78 is 0. The minimum atomic E-state index is -1.06. The molecule has 1 saturated heterocycles. The lowest BCUT2D eigenvalue weighted by Crippen LogP contribution is -2.96. The Morgan fingerprint density at radius 1 is 1.67 bits per heavy atom. The van der Waals surface area contributed by atoms with Gasteiger partial charge in [0.15, 0.2) is 0 Å². The van der Waals surface area contributed by atoms with Gasteiger partial charge in [-0.15, -0.1) is 6.42 Å². The van der Waals surface area contributed by atoms with Crippen LogP contribution in [0.4, 0.5) is 0 Å². The number of nitriles is 1. The van der Waals surface area contributed by atoms with E-state index in [1.165, 1.54) is 0 Å². The van der Waals surface area contributed by atoms with Gasteiger partial charge in [-0.2, -0.15) is 5.26 Å². The maximum absolute atomic E-state index is 10.4. The standard InChI is InChI=1S/C12H18N2O/c1-4-12(15)8-10(2)14-9-11(12,3)6-5-7-13/h1,10,14-15H,5-6,8-9H2,2-3H3/p+1/t10-,11-,12-/m0/s1. The van der Waals surface area contributed by atoms with Crippen LogP contribution in [0.25, 0.3) is 0 Å². The highest BCUT2D eigenvalue weighted by molar-refractivity contribution is 5.17. The molecule has 1 aliphatic rings. The highest BCUT2D eigenvalue weighted by Crippen LogP contribution is 2.39. The molecular formula is C12H19N2O+. The zero-order valence-electron chi connectivity index (χ0n) is 9.45. The van der Waals surface area contributed by atoms with Gasteiger partial charge < -0.3 is 10.4 Å². The molecule has 0 spiro atoms. The van der Waals surface area contributed by atoms with E-state index in [0.717, 1.165) is 6.54 Å². The molecule has 1 fully saturated rings. The summed E-state index contributed by atoms with van der Waals surface area (Å²) in [6, 6.07) is 2.47. The number of nitrogens with two attached hydrogens (primary N) is 1. The molecule has 15 heavy (non-hydrogen) atoms. The van der Waals surface area contributed by atoms with Crippen LogP contribution in [-0.2, 0) is 0 Å². The minimum Gasteiger partial charge on any atom is -0.377 e.